The highest BCUT2D eigenvalue weighted by molar-refractivity contribution is 5.91. The monoisotopic (exact) mass is 259 g/mol. The van der Waals surface area contributed by atoms with E-state index in [0.717, 1.165) is 30.8 Å². The van der Waals surface area contributed by atoms with E-state index in [1.165, 1.54) is 6.26 Å². The summed E-state index contributed by atoms with van der Waals surface area (Å²) in [5, 5.41) is 7.28. The Morgan fingerprint density at radius 1 is 1.58 bits per heavy atom. The minimum absolute atomic E-state index is 0.0260. The van der Waals surface area contributed by atoms with E-state index in [4.69, 9.17) is 4.42 Å². The topological polar surface area (TPSA) is 62.1 Å². The number of H-pyrrole nitrogens is 1. The standard InChI is InChI=1S/C14H17N3O2/c1-10-8-12(16-15-10)11-4-2-6-17(9-11)14(18)13-5-3-7-19-13/h3,5,7-8,11H,2,4,6,9H2,1H3,(H,15,16)/t11-/m0/s1. The molecule has 0 bridgehead atoms. The first-order chi connectivity index (χ1) is 9.24. The van der Waals surface area contributed by atoms with Gasteiger partial charge in [-0.1, -0.05) is 0 Å². The molecule has 5 nitrogen and oxygen atoms in total. The van der Waals surface area contributed by atoms with E-state index in [2.05, 4.69) is 16.3 Å². The van der Waals surface area contributed by atoms with Gasteiger partial charge in [0.25, 0.3) is 5.91 Å². The van der Waals surface area contributed by atoms with Crippen LogP contribution in [0.4, 0.5) is 0 Å². The maximum Gasteiger partial charge on any atom is 0.289 e. The molecular weight excluding hydrogens is 242 g/mol. The van der Waals surface area contributed by atoms with Crippen LogP contribution in [0.25, 0.3) is 0 Å². The smallest absolute Gasteiger partial charge is 0.289 e. The van der Waals surface area contributed by atoms with Crippen LogP contribution in [-0.2, 0) is 0 Å². The van der Waals surface area contributed by atoms with Gasteiger partial charge in [-0.15, -0.1) is 0 Å². The van der Waals surface area contributed by atoms with Crippen LogP contribution < -0.4 is 0 Å². The zero-order chi connectivity index (χ0) is 13.2. The molecule has 3 heterocycles. The van der Waals surface area contributed by atoms with Gasteiger partial charge in [0.2, 0.25) is 0 Å². The molecular formula is C14H17N3O2. The van der Waals surface area contributed by atoms with E-state index >= 15 is 0 Å². The molecule has 1 aliphatic rings. The Labute approximate surface area is 111 Å². The first-order valence-corrected chi connectivity index (χ1v) is 6.59. The van der Waals surface area contributed by atoms with Crippen LogP contribution in [0.2, 0.25) is 0 Å². The number of amides is 1. The van der Waals surface area contributed by atoms with Crippen LogP contribution in [0.1, 0.15) is 40.7 Å². The van der Waals surface area contributed by atoms with Crippen molar-refractivity contribution in [1.82, 2.24) is 15.1 Å². The van der Waals surface area contributed by atoms with Crippen molar-refractivity contribution >= 4 is 5.91 Å². The second-order valence-corrected chi connectivity index (χ2v) is 5.04. The number of carbonyl (C=O) groups is 1. The van der Waals surface area contributed by atoms with E-state index in [1.54, 1.807) is 12.1 Å². The average Bonchev–Trinajstić information content (AvgIpc) is 3.09. The Hall–Kier alpha value is -2.04. The molecule has 0 saturated carbocycles. The second kappa shape index (κ2) is 4.91. The third-order valence-corrected chi connectivity index (χ3v) is 3.58. The molecule has 0 radical (unpaired) electrons. The van der Waals surface area contributed by atoms with E-state index in [9.17, 15) is 4.79 Å². The molecule has 1 atom stereocenters. The lowest BCUT2D eigenvalue weighted by Gasteiger charge is -2.31. The normalized spacial score (nSPS) is 19.6. The molecule has 19 heavy (non-hydrogen) atoms. The van der Waals surface area contributed by atoms with Gasteiger partial charge >= 0.3 is 0 Å². The molecule has 0 aliphatic carbocycles. The third kappa shape index (κ3) is 2.41. The molecule has 1 N–H and O–H groups in total. The number of nitrogens with zero attached hydrogens (tertiary/aromatic N) is 2. The van der Waals surface area contributed by atoms with E-state index in [0.29, 0.717) is 18.2 Å². The van der Waals surface area contributed by atoms with Crippen molar-refractivity contribution in [2.45, 2.75) is 25.7 Å². The Kier molecular flexibility index (Phi) is 3.11. The highest BCUT2D eigenvalue weighted by Crippen LogP contribution is 2.26. The highest BCUT2D eigenvalue weighted by atomic mass is 16.3. The zero-order valence-electron chi connectivity index (χ0n) is 10.9. The van der Waals surface area contributed by atoms with E-state index in [1.807, 2.05) is 11.8 Å². The number of piperidine rings is 1. The molecule has 2 aromatic heterocycles. The fourth-order valence-corrected chi connectivity index (χ4v) is 2.61. The highest BCUT2D eigenvalue weighted by Gasteiger charge is 2.27. The number of furan rings is 1. The summed E-state index contributed by atoms with van der Waals surface area (Å²) in [7, 11) is 0. The van der Waals surface area contributed by atoms with Crippen molar-refractivity contribution in [3.63, 3.8) is 0 Å². The van der Waals surface area contributed by atoms with Gasteiger partial charge < -0.3 is 9.32 Å². The largest absolute Gasteiger partial charge is 0.459 e. The number of aromatic nitrogens is 2. The first-order valence-electron chi connectivity index (χ1n) is 6.59. The van der Waals surface area contributed by atoms with Gasteiger partial charge in [0, 0.05) is 24.7 Å². The van der Waals surface area contributed by atoms with Crippen molar-refractivity contribution < 1.29 is 9.21 Å². The number of hydrogen-bond acceptors (Lipinski definition) is 3. The average molecular weight is 259 g/mol. The molecule has 2 aromatic rings. The molecule has 1 saturated heterocycles. The minimum Gasteiger partial charge on any atom is -0.459 e. The van der Waals surface area contributed by atoms with Crippen LogP contribution in [0.3, 0.4) is 0 Å². The van der Waals surface area contributed by atoms with Crippen molar-refractivity contribution in [3.8, 4) is 0 Å². The van der Waals surface area contributed by atoms with Crippen LogP contribution in [0, 0.1) is 6.92 Å². The Balaban J connectivity index is 1.73. The number of likely N-dealkylation sites (tertiary alicyclic amines) is 1. The van der Waals surface area contributed by atoms with Gasteiger partial charge in [0.1, 0.15) is 0 Å². The molecule has 100 valence electrons. The number of nitrogens with one attached hydrogen (secondary N) is 1. The van der Waals surface area contributed by atoms with Crippen LogP contribution in [0.5, 0.6) is 0 Å². The molecule has 1 amide bonds. The van der Waals surface area contributed by atoms with E-state index < -0.39 is 0 Å². The predicted molar refractivity (Wildman–Crippen MR) is 69.9 cm³/mol. The minimum atomic E-state index is -0.0260. The third-order valence-electron chi connectivity index (χ3n) is 3.58. The second-order valence-electron chi connectivity index (χ2n) is 5.04. The van der Waals surface area contributed by atoms with Gasteiger partial charge in [-0.2, -0.15) is 5.10 Å². The summed E-state index contributed by atoms with van der Waals surface area (Å²) in [6, 6.07) is 5.52. The summed E-state index contributed by atoms with van der Waals surface area (Å²) in [5.41, 5.74) is 2.11. The molecule has 1 aliphatic heterocycles. The van der Waals surface area contributed by atoms with Crippen LogP contribution >= 0.6 is 0 Å². The first kappa shape index (κ1) is 12.0. The molecule has 1 fully saturated rings. The predicted octanol–water partition coefficient (Wildman–Crippen LogP) is 2.33. The Morgan fingerprint density at radius 2 is 2.47 bits per heavy atom. The fourth-order valence-electron chi connectivity index (χ4n) is 2.61. The van der Waals surface area contributed by atoms with Crippen molar-refractivity contribution in [1.29, 1.82) is 0 Å². The summed E-state index contributed by atoms with van der Waals surface area (Å²) in [6.07, 6.45) is 3.61. The zero-order valence-corrected chi connectivity index (χ0v) is 10.9. The van der Waals surface area contributed by atoms with Gasteiger partial charge in [-0.3, -0.25) is 9.89 Å². The summed E-state index contributed by atoms with van der Waals surface area (Å²) < 4.78 is 5.18. The number of carbonyl (C=O) groups excluding carboxylic acids is 1. The quantitative estimate of drug-likeness (QED) is 0.900. The SMILES string of the molecule is Cc1cc([C@H]2CCCN(C(=O)c3ccco3)C2)n[nH]1. The summed E-state index contributed by atoms with van der Waals surface area (Å²) in [6.45, 7) is 3.49. The van der Waals surface area contributed by atoms with Crippen molar-refractivity contribution in [3.05, 3.63) is 41.6 Å². The summed E-state index contributed by atoms with van der Waals surface area (Å²) >= 11 is 0. The van der Waals surface area contributed by atoms with Gasteiger partial charge in [-0.25, -0.2) is 0 Å². The summed E-state index contributed by atoms with van der Waals surface area (Å²) in [4.78, 5) is 14.1. The molecule has 0 aromatic carbocycles. The molecule has 0 spiro atoms. The van der Waals surface area contributed by atoms with Crippen molar-refractivity contribution in [2.24, 2.45) is 0 Å². The molecule has 3 rings (SSSR count). The fraction of sp³-hybridized carbons (Fsp3) is 0.429. The van der Waals surface area contributed by atoms with E-state index in [-0.39, 0.29) is 5.91 Å². The van der Waals surface area contributed by atoms with Crippen molar-refractivity contribution in [2.75, 3.05) is 13.1 Å². The number of rotatable bonds is 2. The van der Waals surface area contributed by atoms with Crippen LogP contribution in [-0.4, -0.2) is 34.1 Å². The Bertz CT molecular complexity index is 559. The number of aromatic amines is 1. The van der Waals surface area contributed by atoms with Gasteiger partial charge in [0.05, 0.1) is 12.0 Å². The van der Waals surface area contributed by atoms with Crippen LogP contribution in [0.15, 0.2) is 28.9 Å². The Morgan fingerprint density at radius 3 is 3.16 bits per heavy atom. The maximum atomic E-state index is 12.2. The summed E-state index contributed by atoms with van der Waals surface area (Å²) in [5.74, 6) is 0.707. The molecule has 5 heteroatoms. The lowest BCUT2D eigenvalue weighted by Crippen LogP contribution is -2.39. The molecule has 0 unspecified atom stereocenters. The lowest BCUT2D eigenvalue weighted by molar-refractivity contribution is 0.0673. The lowest BCUT2D eigenvalue weighted by atomic mass is 9.94. The van der Waals surface area contributed by atoms with Gasteiger partial charge in [-0.05, 0) is 38.0 Å². The number of aryl methyl sites for hydroxylation is 1. The maximum absolute atomic E-state index is 12.2. The van der Waals surface area contributed by atoms with Gasteiger partial charge in [0.15, 0.2) is 5.76 Å². The number of hydrogen-bond donors (Lipinski definition) is 1.